The van der Waals surface area contributed by atoms with E-state index in [0.717, 1.165) is 18.6 Å². The molecule has 0 fully saturated rings. The van der Waals surface area contributed by atoms with Gasteiger partial charge in [0.15, 0.2) is 11.5 Å². The van der Waals surface area contributed by atoms with E-state index in [0.29, 0.717) is 23.7 Å². The van der Waals surface area contributed by atoms with Crippen LogP contribution in [0.5, 0.6) is 11.5 Å². The Kier molecular flexibility index (Phi) is 6.81. The monoisotopic (exact) mass is 380 g/mol. The number of hydrogen-bond donors (Lipinski definition) is 1. The maximum atomic E-state index is 13.0. The fourth-order valence-electron chi connectivity index (χ4n) is 2.25. The molecule has 0 unspecified atom stereocenters. The summed E-state index contributed by atoms with van der Waals surface area (Å²) < 4.78 is 49.6. The number of methoxy groups -OCH3 is 1. The molecule has 0 spiro atoms. The highest BCUT2D eigenvalue weighted by Crippen LogP contribution is 2.31. The van der Waals surface area contributed by atoms with Gasteiger partial charge in [-0.1, -0.05) is 19.1 Å². The quantitative estimate of drug-likeness (QED) is 0.577. The number of hydrazone groups is 1. The summed E-state index contributed by atoms with van der Waals surface area (Å²) in [6.45, 7) is 2.52. The summed E-state index contributed by atoms with van der Waals surface area (Å²) in [7, 11) is 1.49. The van der Waals surface area contributed by atoms with Crippen LogP contribution in [0, 0.1) is 0 Å². The average molecular weight is 380 g/mol. The Morgan fingerprint density at radius 1 is 1.19 bits per heavy atom. The molecule has 0 saturated carbocycles. The molecule has 1 N–H and O–H groups in total. The summed E-state index contributed by atoms with van der Waals surface area (Å²) in [5, 5.41) is 3.72. The number of nitrogens with one attached hydrogen (secondary N) is 1. The molecular weight excluding hydrogens is 361 g/mol. The van der Waals surface area contributed by atoms with Crippen LogP contribution in [0.15, 0.2) is 47.6 Å². The number of benzene rings is 2. The van der Waals surface area contributed by atoms with Crippen molar-refractivity contribution in [3.8, 4) is 11.5 Å². The molecule has 0 aromatic heterocycles. The lowest BCUT2D eigenvalue weighted by atomic mass is 10.1. The van der Waals surface area contributed by atoms with E-state index in [1.54, 1.807) is 18.2 Å². The van der Waals surface area contributed by atoms with Crippen LogP contribution in [0.2, 0.25) is 0 Å². The third kappa shape index (κ3) is 5.47. The number of hydrogen-bond acceptors (Lipinski definition) is 4. The Labute approximate surface area is 154 Å². The lowest BCUT2D eigenvalue weighted by molar-refractivity contribution is -0.137. The van der Waals surface area contributed by atoms with Gasteiger partial charge in [0.1, 0.15) is 0 Å². The van der Waals surface area contributed by atoms with Crippen LogP contribution in [0.25, 0.3) is 0 Å². The zero-order valence-corrected chi connectivity index (χ0v) is 14.8. The van der Waals surface area contributed by atoms with Crippen LogP contribution >= 0.6 is 0 Å². The summed E-state index contributed by atoms with van der Waals surface area (Å²) in [6, 6.07) is 9.54. The number of halogens is 3. The predicted octanol–water partition coefficient (Wildman–Crippen LogP) is 4.27. The Morgan fingerprint density at radius 2 is 1.93 bits per heavy atom. The van der Waals surface area contributed by atoms with Gasteiger partial charge in [0.2, 0.25) is 0 Å². The van der Waals surface area contributed by atoms with Crippen molar-refractivity contribution >= 4 is 12.1 Å². The minimum absolute atomic E-state index is 0.487. The number of amides is 1. The van der Waals surface area contributed by atoms with Crippen LogP contribution in [-0.4, -0.2) is 25.8 Å². The van der Waals surface area contributed by atoms with Crippen LogP contribution < -0.4 is 14.9 Å². The molecule has 0 aliphatic heterocycles. The van der Waals surface area contributed by atoms with Crippen molar-refractivity contribution in [2.45, 2.75) is 19.5 Å². The molecule has 2 aromatic rings. The van der Waals surface area contributed by atoms with E-state index in [-0.39, 0.29) is 0 Å². The summed E-state index contributed by atoms with van der Waals surface area (Å²) in [4.78, 5) is 12.0. The number of carbonyl (C=O) groups is 1. The lowest BCUT2D eigenvalue weighted by Crippen LogP contribution is -2.22. The highest BCUT2D eigenvalue weighted by Gasteiger charge is 2.34. The predicted molar refractivity (Wildman–Crippen MR) is 95.3 cm³/mol. The zero-order chi connectivity index (χ0) is 19.9. The molecule has 5 nitrogen and oxygen atoms in total. The normalized spacial score (nSPS) is 11.4. The van der Waals surface area contributed by atoms with E-state index >= 15 is 0 Å². The first-order valence-electron chi connectivity index (χ1n) is 8.17. The Bertz CT molecular complexity index is 820. The molecule has 0 radical (unpaired) electrons. The van der Waals surface area contributed by atoms with Crippen molar-refractivity contribution in [2.75, 3.05) is 13.7 Å². The van der Waals surface area contributed by atoms with Gasteiger partial charge >= 0.3 is 6.18 Å². The topological polar surface area (TPSA) is 59.9 Å². The first-order valence-corrected chi connectivity index (χ1v) is 8.17. The maximum absolute atomic E-state index is 13.0. The van der Waals surface area contributed by atoms with Crippen molar-refractivity contribution in [2.24, 2.45) is 5.10 Å². The van der Waals surface area contributed by atoms with E-state index in [1.165, 1.54) is 25.5 Å². The lowest BCUT2D eigenvalue weighted by Gasteiger charge is -2.11. The van der Waals surface area contributed by atoms with Gasteiger partial charge in [0.25, 0.3) is 5.91 Å². The van der Waals surface area contributed by atoms with Crippen molar-refractivity contribution in [3.05, 3.63) is 59.2 Å². The fourth-order valence-corrected chi connectivity index (χ4v) is 2.25. The first kappa shape index (κ1) is 20.3. The van der Waals surface area contributed by atoms with Gasteiger partial charge in [-0.05, 0) is 42.3 Å². The third-order valence-corrected chi connectivity index (χ3v) is 3.51. The minimum Gasteiger partial charge on any atom is -0.493 e. The molecule has 144 valence electrons. The Balaban J connectivity index is 2.11. The number of alkyl halides is 3. The first-order chi connectivity index (χ1) is 12.9. The number of carbonyl (C=O) groups excluding carboxylic acids is 1. The molecular formula is C19H19F3N2O3. The Hall–Kier alpha value is -3.03. The smallest absolute Gasteiger partial charge is 0.417 e. The molecule has 2 aromatic carbocycles. The standard InChI is InChI=1S/C19H19F3N2O3/c1-3-10-27-16-9-8-13(11-17(16)26-2)12-23-24-18(25)14-6-4-5-7-15(14)19(20,21)22/h4-9,11-12H,3,10H2,1-2H3,(H,24,25)/b23-12+. The molecule has 0 heterocycles. The van der Waals surface area contributed by atoms with Crippen LogP contribution in [0.1, 0.15) is 34.8 Å². The summed E-state index contributed by atoms with van der Waals surface area (Å²) >= 11 is 0. The van der Waals surface area contributed by atoms with Gasteiger partial charge in [-0.15, -0.1) is 0 Å². The molecule has 0 aliphatic rings. The van der Waals surface area contributed by atoms with Gasteiger partial charge < -0.3 is 9.47 Å². The third-order valence-electron chi connectivity index (χ3n) is 3.51. The highest BCUT2D eigenvalue weighted by molar-refractivity contribution is 5.96. The van der Waals surface area contributed by atoms with Crippen molar-refractivity contribution in [3.63, 3.8) is 0 Å². The number of rotatable bonds is 7. The molecule has 0 atom stereocenters. The number of ether oxygens (including phenoxy) is 2. The van der Waals surface area contributed by atoms with E-state index in [1.807, 2.05) is 6.92 Å². The molecule has 0 aliphatic carbocycles. The second kappa shape index (κ2) is 9.07. The fraction of sp³-hybridized carbons (Fsp3) is 0.263. The zero-order valence-electron chi connectivity index (χ0n) is 14.8. The molecule has 0 bridgehead atoms. The van der Waals surface area contributed by atoms with Gasteiger partial charge in [0, 0.05) is 0 Å². The van der Waals surface area contributed by atoms with E-state index in [9.17, 15) is 18.0 Å². The average Bonchev–Trinajstić information content (AvgIpc) is 2.66. The molecule has 2 rings (SSSR count). The van der Waals surface area contributed by atoms with Gasteiger partial charge in [0.05, 0.1) is 31.1 Å². The van der Waals surface area contributed by atoms with E-state index in [4.69, 9.17) is 9.47 Å². The second-order valence-corrected chi connectivity index (χ2v) is 5.50. The summed E-state index contributed by atoms with van der Waals surface area (Å²) in [5.74, 6) is 0.106. The van der Waals surface area contributed by atoms with Gasteiger partial charge in [-0.25, -0.2) is 5.43 Å². The SMILES string of the molecule is CCCOc1ccc(/C=N/NC(=O)c2ccccc2C(F)(F)F)cc1OC. The highest BCUT2D eigenvalue weighted by atomic mass is 19.4. The van der Waals surface area contributed by atoms with E-state index < -0.39 is 23.2 Å². The van der Waals surface area contributed by atoms with Gasteiger partial charge in [-0.3, -0.25) is 4.79 Å². The van der Waals surface area contributed by atoms with Crippen molar-refractivity contribution in [1.29, 1.82) is 0 Å². The molecule has 27 heavy (non-hydrogen) atoms. The van der Waals surface area contributed by atoms with Crippen LogP contribution in [0.3, 0.4) is 0 Å². The minimum atomic E-state index is -4.63. The van der Waals surface area contributed by atoms with Crippen LogP contribution in [0.4, 0.5) is 13.2 Å². The molecule has 8 heteroatoms. The van der Waals surface area contributed by atoms with Crippen molar-refractivity contribution in [1.82, 2.24) is 5.43 Å². The number of nitrogens with zero attached hydrogens (tertiary/aromatic N) is 1. The molecule has 0 saturated heterocycles. The van der Waals surface area contributed by atoms with E-state index in [2.05, 4.69) is 10.5 Å². The maximum Gasteiger partial charge on any atom is 0.417 e. The Morgan fingerprint density at radius 3 is 2.59 bits per heavy atom. The molecule has 1 amide bonds. The van der Waals surface area contributed by atoms with Gasteiger partial charge in [-0.2, -0.15) is 18.3 Å². The second-order valence-electron chi connectivity index (χ2n) is 5.50. The largest absolute Gasteiger partial charge is 0.493 e. The van der Waals surface area contributed by atoms with Crippen molar-refractivity contribution < 1.29 is 27.4 Å². The summed E-state index contributed by atoms with van der Waals surface area (Å²) in [5.41, 5.74) is 1.17. The van der Waals surface area contributed by atoms with Crippen LogP contribution in [-0.2, 0) is 6.18 Å². The summed E-state index contributed by atoms with van der Waals surface area (Å²) in [6.07, 6.45) is -2.47.